The summed E-state index contributed by atoms with van der Waals surface area (Å²) in [4.78, 5) is 13.7. The molecule has 226 valence electrons. The first-order chi connectivity index (χ1) is 21.6. The van der Waals surface area contributed by atoms with E-state index < -0.39 is 5.79 Å². The number of halogens is 1. The number of hydrogen-bond donors (Lipinski definition) is 0. The molecular weight excluding hydrogens is 561 g/mol. The Hall–Kier alpha value is -4.67. The Morgan fingerprint density at radius 2 is 1.77 bits per heavy atom. The van der Waals surface area contributed by atoms with Gasteiger partial charge < -0.3 is 33.3 Å². The van der Waals surface area contributed by atoms with Crippen LogP contribution in [0.3, 0.4) is 0 Å². The second-order valence-corrected chi connectivity index (χ2v) is 11.0. The number of aromatic nitrogens is 3. The topological polar surface area (TPSA) is 74.1 Å². The molecule has 2 unspecified atom stereocenters. The minimum absolute atomic E-state index is 0.305. The molecule has 2 atom stereocenters. The van der Waals surface area contributed by atoms with E-state index in [0.717, 1.165) is 65.6 Å². The fourth-order valence-electron chi connectivity index (χ4n) is 5.90. The first-order valence-corrected chi connectivity index (χ1v) is 14.8. The van der Waals surface area contributed by atoms with E-state index in [-0.39, 0.29) is 11.9 Å². The summed E-state index contributed by atoms with van der Waals surface area (Å²) in [5, 5.41) is 1.07. The minimum Gasteiger partial charge on any atom is -0.493 e. The van der Waals surface area contributed by atoms with Gasteiger partial charge in [-0.25, -0.2) is 14.4 Å². The van der Waals surface area contributed by atoms with Gasteiger partial charge in [-0.3, -0.25) is 0 Å². The zero-order valence-electron chi connectivity index (χ0n) is 24.5. The number of hydrogen-bond acceptors (Lipinski definition) is 8. The summed E-state index contributed by atoms with van der Waals surface area (Å²) in [7, 11) is 1.70. The standard InChI is InChI=1S/C34H34FN5O4/c1-41-32-19-25-5-2-3-8-31(25)37-33(32)40-17-15-39(16-18-40)28-6-4-7-29(20-28)42-21-30-22-43-34(44-30,23-38-14-13-36-24-38)26-9-11-27(35)12-10-26/h2-14,19-20,24,30H,15-18,21-23H2,1H3. The van der Waals surface area contributed by atoms with Crippen LogP contribution in [0.25, 0.3) is 10.9 Å². The summed E-state index contributed by atoms with van der Waals surface area (Å²) in [5.74, 6) is 1.06. The Bertz CT molecular complexity index is 1710. The van der Waals surface area contributed by atoms with E-state index in [4.69, 9.17) is 23.9 Å². The molecule has 9 nitrogen and oxygen atoms in total. The van der Waals surface area contributed by atoms with Crippen LogP contribution in [0.2, 0.25) is 0 Å². The van der Waals surface area contributed by atoms with Crippen molar-refractivity contribution in [3.8, 4) is 11.5 Å². The van der Waals surface area contributed by atoms with Crippen LogP contribution in [0.1, 0.15) is 5.56 Å². The molecule has 4 heterocycles. The number of piperazine rings is 1. The van der Waals surface area contributed by atoms with Gasteiger partial charge in [-0.1, -0.05) is 36.4 Å². The molecule has 0 bridgehead atoms. The van der Waals surface area contributed by atoms with Crippen molar-refractivity contribution >= 4 is 22.4 Å². The van der Waals surface area contributed by atoms with Crippen LogP contribution in [-0.4, -0.2) is 67.1 Å². The van der Waals surface area contributed by atoms with E-state index in [1.165, 1.54) is 12.1 Å². The fourth-order valence-corrected chi connectivity index (χ4v) is 5.90. The number of fused-ring (bicyclic) bond motifs is 1. The predicted octanol–water partition coefficient (Wildman–Crippen LogP) is 5.25. The summed E-state index contributed by atoms with van der Waals surface area (Å²) < 4.78 is 40.2. The van der Waals surface area contributed by atoms with Crippen molar-refractivity contribution in [3.05, 3.63) is 109 Å². The van der Waals surface area contributed by atoms with Crippen LogP contribution in [0, 0.1) is 5.82 Å². The van der Waals surface area contributed by atoms with E-state index in [1.54, 1.807) is 31.8 Å². The third kappa shape index (κ3) is 5.78. The van der Waals surface area contributed by atoms with Gasteiger partial charge in [-0.05, 0) is 36.4 Å². The van der Waals surface area contributed by atoms with Crippen molar-refractivity contribution < 1.29 is 23.3 Å². The number of ether oxygens (including phenoxy) is 4. The van der Waals surface area contributed by atoms with Crippen LogP contribution in [0.15, 0.2) is 97.6 Å². The highest BCUT2D eigenvalue weighted by Crippen LogP contribution is 2.37. The van der Waals surface area contributed by atoms with Gasteiger partial charge in [-0.15, -0.1) is 0 Å². The summed E-state index contributed by atoms with van der Waals surface area (Å²) in [6.07, 6.45) is 4.96. The molecule has 7 rings (SSSR count). The van der Waals surface area contributed by atoms with Crippen molar-refractivity contribution in [3.63, 3.8) is 0 Å². The molecule has 2 aromatic heterocycles. The molecule has 2 aliphatic rings. The maximum atomic E-state index is 13.7. The number of para-hydroxylation sites is 1. The highest BCUT2D eigenvalue weighted by Gasteiger charge is 2.44. The Labute approximate surface area is 255 Å². The SMILES string of the molecule is COc1cc2ccccc2nc1N1CCN(c2cccc(OCC3COC(Cn4ccnc4)(c4ccc(F)cc4)O3)c2)CC1. The number of pyridine rings is 1. The van der Waals surface area contributed by atoms with Crippen LogP contribution >= 0.6 is 0 Å². The third-order valence-electron chi connectivity index (χ3n) is 8.18. The fraction of sp³-hybridized carbons (Fsp3) is 0.294. The molecule has 2 aliphatic heterocycles. The smallest absolute Gasteiger partial charge is 0.214 e. The van der Waals surface area contributed by atoms with Gasteiger partial charge in [0.05, 0.1) is 32.1 Å². The van der Waals surface area contributed by atoms with Gasteiger partial charge in [0.2, 0.25) is 5.79 Å². The molecule has 0 spiro atoms. The van der Waals surface area contributed by atoms with E-state index in [0.29, 0.717) is 19.8 Å². The van der Waals surface area contributed by atoms with Crippen LogP contribution in [-0.2, 0) is 21.8 Å². The molecule has 10 heteroatoms. The molecule has 5 aromatic rings. The molecule has 0 aliphatic carbocycles. The largest absolute Gasteiger partial charge is 0.493 e. The number of methoxy groups -OCH3 is 1. The Balaban J connectivity index is 0.989. The van der Waals surface area contributed by atoms with Crippen molar-refractivity contribution in [1.29, 1.82) is 0 Å². The van der Waals surface area contributed by atoms with Gasteiger partial charge in [-0.2, -0.15) is 0 Å². The van der Waals surface area contributed by atoms with Gasteiger partial charge in [0, 0.05) is 61.3 Å². The average molecular weight is 596 g/mol. The lowest BCUT2D eigenvalue weighted by Crippen LogP contribution is -2.47. The summed E-state index contributed by atoms with van der Waals surface area (Å²) >= 11 is 0. The van der Waals surface area contributed by atoms with Crippen LogP contribution < -0.4 is 19.3 Å². The van der Waals surface area contributed by atoms with Crippen LogP contribution in [0.5, 0.6) is 11.5 Å². The number of benzene rings is 3. The summed E-state index contributed by atoms with van der Waals surface area (Å²) in [6.45, 7) is 4.38. The quantitative estimate of drug-likeness (QED) is 0.229. The first kappa shape index (κ1) is 28.1. The van der Waals surface area contributed by atoms with Gasteiger partial charge in [0.15, 0.2) is 11.6 Å². The maximum absolute atomic E-state index is 13.7. The lowest BCUT2D eigenvalue weighted by Gasteiger charge is -2.37. The third-order valence-corrected chi connectivity index (χ3v) is 8.18. The second kappa shape index (κ2) is 12.1. The number of nitrogens with zero attached hydrogens (tertiary/aromatic N) is 5. The zero-order valence-corrected chi connectivity index (χ0v) is 24.5. The molecular formula is C34H34FN5O4. The Kier molecular flexibility index (Phi) is 7.76. The second-order valence-electron chi connectivity index (χ2n) is 11.0. The lowest BCUT2D eigenvalue weighted by atomic mass is 10.1. The van der Waals surface area contributed by atoms with Gasteiger partial charge >= 0.3 is 0 Å². The summed E-state index contributed by atoms with van der Waals surface area (Å²) in [6, 6.07) is 24.5. The molecule has 2 fully saturated rings. The maximum Gasteiger partial charge on any atom is 0.214 e. The van der Waals surface area contributed by atoms with Crippen molar-refractivity contribution in [2.75, 3.05) is 56.3 Å². The molecule has 0 N–H and O–H groups in total. The average Bonchev–Trinajstić information content (AvgIpc) is 3.74. The molecule has 0 saturated carbocycles. The normalized spacial score (nSPS) is 20.3. The van der Waals surface area contributed by atoms with Gasteiger partial charge in [0.25, 0.3) is 0 Å². The highest BCUT2D eigenvalue weighted by atomic mass is 19.1. The lowest BCUT2D eigenvalue weighted by molar-refractivity contribution is -0.189. The predicted molar refractivity (Wildman–Crippen MR) is 166 cm³/mol. The van der Waals surface area contributed by atoms with Crippen LogP contribution in [0.4, 0.5) is 15.9 Å². The molecule has 2 saturated heterocycles. The number of rotatable bonds is 9. The summed E-state index contributed by atoms with van der Waals surface area (Å²) in [5.41, 5.74) is 2.81. The monoisotopic (exact) mass is 595 g/mol. The molecule has 0 amide bonds. The zero-order chi connectivity index (χ0) is 29.9. The van der Waals surface area contributed by atoms with E-state index >= 15 is 0 Å². The van der Waals surface area contributed by atoms with E-state index in [9.17, 15) is 4.39 Å². The van der Waals surface area contributed by atoms with E-state index in [1.807, 2.05) is 41.1 Å². The highest BCUT2D eigenvalue weighted by molar-refractivity contribution is 5.83. The minimum atomic E-state index is -1.06. The Morgan fingerprint density at radius 1 is 0.955 bits per heavy atom. The van der Waals surface area contributed by atoms with Gasteiger partial charge in [0.1, 0.15) is 24.3 Å². The molecule has 44 heavy (non-hydrogen) atoms. The van der Waals surface area contributed by atoms with Crippen molar-refractivity contribution in [2.24, 2.45) is 0 Å². The number of imidazole rings is 1. The van der Waals surface area contributed by atoms with Crippen molar-refractivity contribution in [1.82, 2.24) is 14.5 Å². The van der Waals surface area contributed by atoms with E-state index in [2.05, 4.69) is 39.0 Å². The molecule has 0 radical (unpaired) electrons. The first-order valence-electron chi connectivity index (χ1n) is 14.8. The number of anilines is 2. The van der Waals surface area contributed by atoms with Crippen molar-refractivity contribution in [2.45, 2.75) is 18.4 Å². The molecule has 3 aromatic carbocycles. The Morgan fingerprint density at radius 3 is 2.57 bits per heavy atom.